The summed E-state index contributed by atoms with van der Waals surface area (Å²) in [6, 6.07) is 0. The molecule has 0 aromatic heterocycles. The molecule has 1 aliphatic rings. The van der Waals surface area contributed by atoms with Gasteiger partial charge >= 0.3 is 0 Å². The SMILES string of the molecule is [O]CCCC1C(=O)CSNC1=O. The molecule has 1 heterocycles. The molecule has 1 fully saturated rings. The fourth-order valence-corrected chi connectivity index (χ4v) is 1.78. The van der Waals surface area contributed by atoms with E-state index in [0.717, 1.165) is 11.9 Å². The summed E-state index contributed by atoms with van der Waals surface area (Å²) in [5, 5.41) is 10.1. The molecule has 1 atom stereocenters. The summed E-state index contributed by atoms with van der Waals surface area (Å²) < 4.78 is 2.53. The Balaban J connectivity index is 2.45. The number of amides is 1. The molecule has 0 aliphatic carbocycles. The normalized spacial score (nSPS) is 23.9. The summed E-state index contributed by atoms with van der Waals surface area (Å²) in [7, 11) is 0. The predicted molar refractivity (Wildman–Crippen MR) is 43.9 cm³/mol. The lowest BCUT2D eigenvalue weighted by Gasteiger charge is -2.18. The molecule has 12 heavy (non-hydrogen) atoms. The summed E-state index contributed by atoms with van der Waals surface area (Å²) in [6.45, 7) is -0.218. The molecule has 0 spiro atoms. The maximum Gasteiger partial charge on any atom is 0.240 e. The minimum absolute atomic E-state index is 0.0581. The Morgan fingerprint density at radius 1 is 1.50 bits per heavy atom. The zero-order valence-corrected chi connectivity index (χ0v) is 7.36. The zero-order valence-electron chi connectivity index (χ0n) is 6.54. The monoisotopic (exact) mass is 188 g/mol. The molecule has 1 rings (SSSR count). The van der Waals surface area contributed by atoms with Crippen molar-refractivity contribution in [1.82, 2.24) is 4.72 Å². The topological polar surface area (TPSA) is 66.1 Å². The van der Waals surface area contributed by atoms with E-state index >= 15 is 0 Å². The predicted octanol–water partition coefficient (Wildman–Crippen LogP) is 0.160. The number of nitrogens with one attached hydrogen (secondary N) is 1. The van der Waals surface area contributed by atoms with Gasteiger partial charge < -0.3 is 0 Å². The van der Waals surface area contributed by atoms with Crippen molar-refractivity contribution in [1.29, 1.82) is 0 Å². The van der Waals surface area contributed by atoms with Crippen molar-refractivity contribution in [3.63, 3.8) is 0 Å². The van der Waals surface area contributed by atoms with Crippen LogP contribution in [0.2, 0.25) is 0 Å². The summed E-state index contributed by atoms with van der Waals surface area (Å²) in [5.74, 6) is -0.544. The van der Waals surface area contributed by atoms with E-state index in [9.17, 15) is 14.7 Å². The van der Waals surface area contributed by atoms with Crippen LogP contribution in [0.15, 0.2) is 0 Å². The molecule has 0 bridgehead atoms. The second kappa shape index (κ2) is 4.47. The maximum absolute atomic E-state index is 11.1. The van der Waals surface area contributed by atoms with Gasteiger partial charge in [-0.2, -0.15) is 0 Å². The lowest BCUT2D eigenvalue weighted by atomic mass is 9.98. The van der Waals surface area contributed by atoms with Crippen molar-refractivity contribution in [3.8, 4) is 0 Å². The number of rotatable bonds is 3. The van der Waals surface area contributed by atoms with Gasteiger partial charge in [-0.15, -0.1) is 0 Å². The summed E-state index contributed by atoms with van der Waals surface area (Å²) in [6.07, 6.45) is 0.795. The van der Waals surface area contributed by atoms with Crippen LogP contribution in [0.5, 0.6) is 0 Å². The van der Waals surface area contributed by atoms with Crippen molar-refractivity contribution in [2.75, 3.05) is 12.4 Å². The first-order chi connectivity index (χ1) is 5.75. The van der Waals surface area contributed by atoms with Gasteiger partial charge in [0.25, 0.3) is 0 Å². The average Bonchev–Trinajstić information content (AvgIpc) is 2.04. The number of carbonyl (C=O) groups excluding carboxylic acids is 2. The average molecular weight is 188 g/mol. The second-order valence-electron chi connectivity index (χ2n) is 2.62. The van der Waals surface area contributed by atoms with Crippen molar-refractivity contribution in [3.05, 3.63) is 0 Å². The van der Waals surface area contributed by atoms with Crippen LogP contribution in [-0.4, -0.2) is 24.1 Å². The van der Waals surface area contributed by atoms with Crippen LogP contribution >= 0.6 is 11.9 Å². The van der Waals surface area contributed by atoms with E-state index in [1.165, 1.54) is 0 Å². The second-order valence-corrected chi connectivity index (χ2v) is 3.40. The highest BCUT2D eigenvalue weighted by molar-refractivity contribution is 7.98. The minimum Gasteiger partial charge on any atom is -0.299 e. The molecule has 1 aliphatic heterocycles. The Morgan fingerprint density at radius 2 is 2.25 bits per heavy atom. The van der Waals surface area contributed by atoms with Crippen LogP contribution in [0.25, 0.3) is 0 Å². The van der Waals surface area contributed by atoms with E-state index in [1.807, 2.05) is 0 Å². The number of carbonyl (C=O) groups is 2. The van der Waals surface area contributed by atoms with Gasteiger partial charge in [0.05, 0.1) is 18.3 Å². The first-order valence-electron chi connectivity index (χ1n) is 3.78. The van der Waals surface area contributed by atoms with E-state index in [-0.39, 0.29) is 18.3 Å². The van der Waals surface area contributed by atoms with Crippen LogP contribution in [0.1, 0.15) is 12.8 Å². The largest absolute Gasteiger partial charge is 0.299 e. The van der Waals surface area contributed by atoms with Crippen LogP contribution in [0, 0.1) is 5.92 Å². The number of ketones is 1. The van der Waals surface area contributed by atoms with Gasteiger partial charge in [0.1, 0.15) is 0 Å². The lowest BCUT2D eigenvalue weighted by molar-refractivity contribution is -0.132. The van der Waals surface area contributed by atoms with Crippen LogP contribution in [0.3, 0.4) is 0 Å². The van der Waals surface area contributed by atoms with E-state index in [4.69, 9.17) is 0 Å². The summed E-state index contributed by atoms with van der Waals surface area (Å²) in [4.78, 5) is 22.2. The van der Waals surface area contributed by atoms with Crippen molar-refractivity contribution in [2.24, 2.45) is 5.92 Å². The summed E-state index contributed by atoms with van der Waals surface area (Å²) in [5.41, 5.74) is 0. The molecule has 1 saturated heterocycles. The molecular formula is C7H10NO3S. The molecule has 5 heteroatoms. The lowest BCUT2D eigenvalue weighted by Crippen LogP contribution is -2.38. The third kappa shape index (κ3) is 2.22. The van der Waals surface area contributed by atoms with Gasteiger partial charge in [0, 0.05) is 0 Å². The fraction of sp³-hybridized carbons (Fsp3) is 0.714. The number of hydrogen-bond acceptors (Lipinski definition) is 3. The highest BCUT2D eigenvalue weighted by atomic mass is 32.2. The van der Waals surface area contributed by atoms with Gasteiger partial charge in [-0.3, -0.25) is 14.3 Å². The van der Waals surface area contributed by atoms with Gasteiger partial charge in [-0.25, -0.2) is 5.11 Å². The van der Waals surface area contributed by atoms with Crippen LogP contribution < -0.4 is 4.72 Å². The Labute approximate surface area is 74.8 Å². The smallest absolute Gasteiger partial charge is 0.240 e. The Hall–Kier alpha value is -0.550. The third-order valence-electron chi connectivity index (χ3n) is 1.73. The molecule has 67 valence electrons. The molecule has 0 saturated carbocycles. The van der Waals surface area contributed by atoms with Crippen LogP contribution in [-0.2, 0) is 14.7 Å². The fourth-order valence-electron chi connectivity index (χ4n) is 1.08. The van der Waals surface area contributed by atoms with Gasteiger partial charge in [0.15, 0.2) is 5.78 Å². The van der Waals surface area contributed by atoms with Crippen LogP contribution in [0.4, 0.5) is 0 Å². The van der Waals surface area contributed by atoms with E-state index in [1.54, 1.807) is 0 Å². The minimum atomic E-state index is -0.569. The van der Waals surface area contributed by atoms with E-state index in [2.05, 4.69) is 4.72 Å². The first kappa shape index (κ1) is 9.54. The third-order valence-corrected chi connectivity index (χ3v) is 2.50. The first-order valence-corrected chi connectivity index (χ1v) is 4.76. The Bertz CT molecular complexity index is 179. The zero-order chi connectivity index (χ0) is 8.97. The van der Waals surface area contributed by atoms with Crippen molar-refractivity contribution >= 4 is 23.6 Å². The Morgan fingerprint density at radius 3 is 2.83 bits per heavy atom. The van der Waals surface area contributed by atoms with E-state index in [0.29, 0.717) is 18.6 Å². The maximum atomic E-state index is 11.1. The molecule has 1 amide bonds. The molecule has 4 nitrogen and oxygen atoms in total. The van der Waals surface area contributed by atoms with Gasteiger partial charge in [0.2, 0.25) is 5.91 Å². The van der Waals surface area contributed by atoms with E-state index < -0.39 is 5.92 Å². The highest BCUT2D eigenvalue weighted by Gasteiger charge is 2.29. The molecule has 1 N–H and O–H groups in total. The Kier molecular flexibility index (Phi) is 3.55. The molecule has 1 radical (unpaired) electrons. The quantitative estimate of drug-likeness (QED) is 0.507. The molecule has 0 aromatic rings. The van der Waals surface area contributed by atoms with Gasteiger partial charge in [-0.05, 0) is 24.8 Å². The molecule has 1 unspecified atom stereocenters. The number of hydrogen-bond donors (Lipinski definition) is 1. The molecular weight excluding hydrogens is 178 g/mol. The van der Waals surface area contributed by atoms with Crippen molar-refractivity contribution < 1.29 is 14.7 Å². The standard InChI is InChI=1S/C7H10NO3S/c9-3-1-2-5-6(10)4-12-8-7(5)11/h5H,1-4H2,(H,8,11). The summed E-state index contributed by atoms with van der Waals surface area (Å²) >= 11 is 1.12. The highest BCUT2D eigenvalue weighted by Crippen LogP contribution is 2.16. The number of Topliss-reactive ketones (excluding diaryl/α,β-unsaturated/α-hetero) is 1. The van der Waals surface area contributed by atoms with Gasteiger partial charge in [-0.1, -0.05) is 0 Å². The van der Waals surface area contributed by atoms with Crippen molar-refractivity contribution in [2.45, 2.75) is 12.8 Å². The molecule has 0 aromatic carbocycles.